The Morgan fingerprint density at radius 2 is 1.90 bits per heavy atom. The summed E-state index contributed by atoms with van der Waals surface area (Å²) in [6, 6.07) is 14.2. The van der Waals surface area contributed by atoms with Gasteiger partial charge in [0.1, 0.15) is 0 Å². The summed E-state index contributed by atoms with van der Waals surface area (Å²) in [4.78, 5) is 19.2. The van der Waals surface area contributed by atoms with Gasteiger partial charge in [0.15, 0.2) is 5.82 Å². The van der Waals surface area contributed by atoms with Crippen molar-refractivity contribution in [2.45, 2.75) is 39.2 Å². The van der Waals surface area contributed by atoms with Gasteiger partial charge in [0.05, 0.1) is 30.5 Å². The molecule has 1 saturated heterocycles. The fraction of sp³-hybridized carbons (Fsp3) is 0.348. The summed E-state index contributed by atoms with van der Waals surface area (Å²) < 4.78 is 1.79. The van der Waals surface area contributed by atoms with Crippen LogP contribution in [0.1, 0.15) is 43.0 Å². The first-order valence-corrected chi connectivity index (χ1v) is 10.2. The molecule has 1 aliphatic rings. The second-order valence-corrected chi connectivity index (χ2v) is 7.87. The molecule has 3 heterocycles. The predicted octanol–water partition coefficient (Wildman–Crippen LogP) is 3.84. The Hall–Kier alpha value is -3.15. The number of nitrogens with one attached hydrogen (secondary N) is 1. The highest BCUT2D eigenvalue weighted by atomic mass is 16.1. The van der Waals surface area contributed by atoms with Crippen molar-refractivity contribution in [2.75, 3.05) is 23.3 Å². The van der Waals surface area contributed by atoms with Gasteiger partial charge in [-0.2, -0.15) is 5.10 Å². The zero-order valence-electron chi connectivity index (χ0n) is 17.0. The van der Waals surface area contributed by atoms with Gasteiger partial charge in [-0.1, -0.05) is 38.1 Å². The molecule has 0 radical (unpaired) electrons. The zero-order chi connectivity index (χ0) is 20.2. The fourth-order valence-corrected chi connectivity index (χ4v) is 3.35. The van der Waals surface area contributed by atoms with Crippen LogP contribution in [-0.2, 0) is 17.8 Å². The number of anilines is 2. The highest BCUT2D eigenvalue weighted by Crippen LogP contribution is 2.19. The predicted molar refractivity (Wildman–Crippen MR) is 115 cm³/mol. The van der Waals surface area contributed by atoms with Gasteiger partial charge in [-0.05, 0) is 35.6 Å². The lowest BCUT2D eigenvalue weighted by Gasteiger charge is -2.32. The maximum absolute atomic E-state index is 12.3. The largest absolute Gasteiger partial charge is 0.370 e. The molecule has 1 fully saturated rings. The quantitative estimate of drug-likeness (QED) is 0.667. The normalized spacial score (nSPS) is 13.4. The molecule has 1 aliphatic heterocycles. The summed E-state index contributed by atoms with van der Waals surface area (Å²) in [7, 11) is 0. The molecule has 0 saturated carbocycles. The average Bonchev–Trinajstić information content (AvgIpc) is 3.09. The van der Waals surface area contributed by atoms with Crippen LogP contribution in [0.15, 0.2) is 54.9 Å². The molecule has 0 aliphatic carbocycles. The number of carbonyl (C=O) groups is 1. The number of carbonyl (C=O) groups excluding carboxylic acids is 1. The minimum Gasteiger partial charge on any atom is -0.370 e. The Kier molecular flexibility index (Phi) is 5.60. The van der Waals surface area contributed by atoms with Crippen molar-refractivity contribution >= 4 is 17.4 Å². The van der Waals surface area contributed by atoms with Crippen LogP contribution in [-0.4, -0.2) is 33.8 Å². The van der Waals surface area contributed by atoms with Gasteiger partial charge in [-0.3, -0.25) is 14.5 Å². The van der Waals surface area contributed by atoms with Crippen molar-refractivity contribution in [1.29, 1.82) is 0 Å². The maximum atomic E-state index is 12.3. The van der Waals surface area contributed by atoms with E-state index in [1.165, 1.54) is 17.7 Å². The molecule has 6 nitrogen and oxygen atoms in total. The summed E-state index contributed by atoms with van der Waals surface area (Å²) in [5.74, 6) is 0.985. The third-order valence-corrected chi connectivity index (χ3v) is 5.27. The van der Waals surface area contributed by atoms with E-state index in [9.17, 15) is 4.79 Å². The molecule has 1 aromatic carbocycles. The summed E-state index contributed by atoms with van der Waals surface area (Å²) in [5.41, 5.74) is 4.40. The topological polar surface area (TPSA) is 63.1 Å². The number of amides is 1. The van der Waals surface area contributed by atoms with Crippen LogP contribution in [0.5, 0.6) is 0 Å². The lowest BCUT2D eigenvalue weighted by Crippen LogP contribution is -2.37. The molecule has 4 rings (SSSR count). The number of hydrogen-bond donors (Lipinski definition) is 1. The second-order valence-electron chi connectivity index (χ2n) is 7.87. The molecule has 0 atom stereocenters. The Morgan fingerprint density at radius 1 is 1.10 bits per heavy atom. The molecule has 29 heavy (non-hydrogen) atoms. The minimum absolute atomic E-state index is 0.0652. The molecule has 0 spiro atoms. The van der Waals surface area contributed by atoms with Crippen LogP contribution in [0, 0.1) is 0 Å². The standard InChI is InChI=1S/C23H27N5O/c1-17(2)19-6-4-18(5-7-19)14-23(29)25-22-10-13-28(26-22)16-20-8-9-21(15-24-20)27-11-3-12-27/h4-10,13,15,17H,3,11-12,14,16H2,1-2H3,(H,25,26,29). The first kappa shape index (κ1) is 19.2. The summed E-state index contributed by atoms with van der Waals surface area (Å²) >= 11 is 0. The highest BCUT2D eigenvalue weighted by Gasteiger charge is 2.14. The van der Waals surface area contributed by atoms with Crippen molar-refractivity contribution in [1.82, 2.24) is 14.8 Å². The smallest absolute Gasteiger partial charge is 0.229 e. The Bertz CT molecular complexity index is 956. The molecule has 2 aromatic heterocycles. The number of hydrogen-bond acceptors (Lipinski definition) is 4. The number of pyridine rings is 1. The lowest BCUT2D eigenvalue weighted by molar-refractivity contribution is -0.115. The first-order valence-electron chi connectivity index (χ1n) is 10.2. The number of nitrogens with zero attached hydrogens (tertiary/aromatic N) is 4. The van der Waals surface area contributed by atoms with Gasteiger partial charge >= 0.3 is 0 Å². The Labute approximate surface area is 171 Å². The van der Waals surface area contributed by atoms with Gasteiger partial charge in [-0.15, -0.1) is 0 Å². The molecule has 6 heteroatoms. The van der Waals surface area contributed by atoms with E-state index in [0.717, 1.165) is 24.3 Å². The van der Waals surface area contributed by atoms with Gasteiger partial charge in [0, 0.05) is 25.4 Å². The van der Waals surface area contributed by atoms with E-state index in [2.05, 4.69) is 52.3 Å². The van der Waals surface area contributed by atoms with Crippen LogP contribution in [0.3, 0.4) is 0 Å². The van der Waals surface area contributed by atoms with Crippen LogP contribution < -0.4 is 10.2 Å². The van der Waals surface area contributed by atoms with Gasteiger partial charge in [0.2, 0.25) is 5.91 Å². The second kappa shape index (κ2) is 8.47. The number of aromatic nitrogens is 3. The Morgan fingerprint density at radius 3 is 2.52 bits per heavy atom. The molecule has 0 unspecified atom stereocenters. The monoisotopic (exact) mass is 389 g/mol. The van der Waals surface area contributed by atoms with Crippen molar-refractivity contribution in [3.8, 4) is 0 Å². The molecule has 1 amide bonds. The van der Waals surface area contributed by atoms with E-state index < -0.39 is 0 Å². The molecular weight excluding hydrogens is 362 g/mol. The highest BCUT2D eigenvalue weighted by molar-refractivity contribution is 5.91. The minimum atomic E-state index is -0.0652. The van der Waals surface area contributed by atoms with Crippen LogP contribution in [0.25, 0.3) is 0 Å². The number of rotatable bonds is 7. The lowest BCUT2D eigenvalue weighted by atomic mass is 10.0. The van der Waals surface area contributed by atoms with E-state index >= 15 is 0 Å². The van der Waals surface area contributed by atoms with E-state index in [4.69, 9.17) is 0 Å². The zero-order valence-corrected chi connectivity index (χ0v) is 17.0. The summed E-state index contributed by atoms with van der Waals surface area (Å²) in [6.45, 7) is 7.13. The third kappa shape index (κ3) is 4.83. The number of benzene rings is 1. The van der Waals surface area contributed by atoms with Crippen molar-refractivity contribution in [2.24, 2.45) is 0 Å². The SMILES string of the molecule is CC(C)c1ccc(CC(=O)Nc2ccn(Cc3ccc(N4CCC4)cn3)n2)cc1. The average molecular weight is 390 g/mol. The van der Waals surface area contributed by atoms with E-state index in [-0.39, 0.29) is 5.91 Å². The van der Waals surface area contributed by atoms with Gasteiger partial charge < -0.3 is 10.2 Å². The van der Waals surface area contributed by atoms with Gasteiger partial charge in [-0.25, -0.2) is 0 Å². The Balaban J connectivity index is 1.30. The summed E-state index contributed by atoms with van der Waals surface area (Å²) in [5, 5.41) is 7.32. The fourth-order valence-electron chi connectivity index (χ4n) is 3.35. The van der Waals surface area contributed by atoms with Crippen LogP contribution in [0.2, 0.25) is 0 Å². The molecule has 1 N–H and O–H groups in total. The van der Waals surface area contributed by atoms with Crippen molar-refractivity contribution in [3.63, 3.8) is 0 Å². The van der Waals surface area contributed by atoms with E-state index in [0.29, 0.717) is 24.7 Å². The van der Waals surface area contributed by atoms with E-state index in [1.807, 2.05) is 36.7 Å². The third-order valence-electron chi connectivity index (χ3n) is 5.27. The molecule has 0 bridgehead atoms. The van der Waals surface area contributed by atoms with Crippen molar-refractivity contribution in [3.05, 3.63) is 71.7 Å². The maximum Gasteiger partial charge on any atom is 0.229 e. The summed E-state index contributed by atoms with van der Waals surface area (Å²) in [6.07, 6.45) is 5.38. The van der Waals surface area contributed by atoms with Gasteiger partial charge in [0.25, 0.3) is 0 Å². The first-order chi connectivity index (χ1) is 14.1. The molecular formula is C23H27N5O. The van der Waals surface area contributed by atoms with Crippen LogP contribution >= 0.6 is 0 Å². The van der Waals surface area contributed by atoms with Crippen LogP contribution in [0.4, 0.5) is 11.5 Å². The van der Waals surface area contributed by atoms with E-state index in [1.54, 1.807) is 4.68 Å². The molecule has 3 aromatic rings. The molecule has 150 valence electrons. The van der Waals surface area contributed by atoms with Crippen molar-refractivity contribution < 1.29 is 4.79 Å².